The molecule has 2 aromatic rings. The third-order valence-corrected chi connectivity index (χ3v) is 6.70. The van der Waals surface area contributed by atoms with Crippen LogP contribution in [0.4, 0.5) is 16.3 Å². The Labute approximate surface area is 192 Å². The molecule has 0 spiro atoms. The Morgan fingerprint density at radius 2 is 1.62 bits per heavy atom. The van der Waals surface area contributed by atoms with E-state index < -0.39 is 0 Å². The van der Waals surface area contributed by atoms with Gasteiger partial charge in [0.1, 0.15) is 11.6 Å². The molecule has 2 aliphatic rings. The predicted octanol–water partition coefficient (Wildman–Crippen LogP) is 5.61. The Bertz CT molecular complexity index is 952. The fraction of sp³-hybridized carbons (Fsp3) is 0.577. The van der Waals surface area contributed by atoms with Gasteiger partial charge >= 0.3 is 6.03 Å². The highest BCUT2D eigenvalue weighted by molar-refractivity contribution is 5.91. The predicted molar refractivity (Wildman–Crippen MR) is 131 cm³/mol. The number of fused-ring (bicyclic) bond motifs is 1. The Balaban J connectivity index is 1.60. The number of nitrogens with zero attached hydrogens (tertiary/aromatic N) is 4. The van der Waals surface area contributed by atoms with E-state index >= 15 is 0 Å². The first-order chi connectivity index (χ1) is 15.3. The summed E-state index contributed by atoms with van der Waals surface area (Å²) in [4.78, 5) is 27.3. The van der Waals surface area contributed by atoms with Gasteiger partial charge < -0.3 is 15.1 Å². The molecular formula is C26H37N5O. The summed E-state index contributed by atoms with van der Waals surface area (Å²) in [5, 5.41) is 3.29. The molecule has 0 atom stereocenters. The summed E-state index contributed by atoms with van der Waals surface area (Å²) in [6, 6.07) is 6.32. The van der Waals surface area contributed by atoms with Gasteiger partial charge in [0, 0.05) is 37.3 Å². The highest BCUT2D eigenvalue weighted by Gasteiger charge is 2.28. The first kappa shape index (κ1) is 22.6. The summed E-state index contributed by atoms with van der Waals surface area (Å²) < 4.78 is 0. The maximum atomic E-state index is 13.4. The summed E-state index contributed by atoms with van der Waals surface area (Å²) in [6.45, 7) is 14.0. The van der Waals surface area contributed by atoms with Crippen LogP contribution in [0, 0.1) is 6.92 Å². The number of aromatic nitrogens is 2. The molecule has 1 fully saturated rings. The SMILES string of the molecule is Cc1nc2c(c(N3CCCCC3)n1)CN(C(=O)Nc1c(C(C)C)cccc1C(C)C)CC2. The van der Waals surface area contributed by atoms with Gasteiger partial charge in [0.2, 0.25) is 0 Å². The quantitative estimate of drug-likeness (QED) is 0.678. The van der Waals surface area contributed by atoms with Crippen LogP contribution in [0.15, 0.2) is 18.2 Å². The van der Waals surface area contributed by atoms with Crippen molar-refractivity contribution >= 4 is 17.5 Å². The summed E-state index contributed by atoms with van der Waals surface area (Å²) in [7, 11) is 0. The van der Waals surface area contributed by atoms with E-state index in [9.17, 15) is 4.79 Å². The third-order valence-electron chi connectivity index (χ3n) is 6.70. The van der Waals surface area contributed by atoms with Crippen molar-refractivity contribution < 1.29 is 4.79 Å². The lowest BCUT2D eigenvalue weighted by atomic mass is 9.92. The fourth-order valence-corrected chi connectivity index (χ4v) is 4.94. The third kappa shape index (κ3) is 4.59. The van der Waals surface area contributed by atoms with Gasteiger partial charge in [0.15, 0.2) is 0 Å². The van der Waals surface area contributed by atoms with Crippen molar-refractivity contribution in [1.29, 1.82) is 0 Å². The van der Waals surface area contributed by atoms with Gasteiger partial charge in [0.05, 0.1) is 12.2 Å². The average Bonchev–Trinajstić information content (AvgIpc) is 2.78. The van der Waals surface area contributed by atoms with Crippen molar-refractivity contribution in [2.75, 3.05) is 29.9 Å². The second kappa shape index (κ2) is 9.47. The van der Waals surface area contributed by atoms with E-state index in [1.807, 2.05) is 11.8 Å². The first-order valence-electron chi connectivity index (χ1n) is 12.1. The molecular weight excluding hydrogens is 398 g/mol. The minimum absolute atomic E-state index is 0.0316. The molecule has 0 saturated carbocycles. The van der Waals surface area contributed by atoms with Crippen LogP contribution in [-0.4, -0.2) is 40.5 Å². The molecule has 6 heteroatoms. The van der Waals surface area contributed by atoms with Crippen molar-refractivity contribution in [3.63, 3.8) is 0 Å². The number of urea groups is 1. The van der Waals surface area contributed by atoms with E-state index in [0.717, 1.165) is 48.1 Å². The highest BCUT2D eigenvalue weighted by Crippen LogP contribution is 2.34. The number of amides is 2. The van der Waals surface area contributed by atoms with Crippen LogP contribution in [-0.2, 0) is 13.0 Å². The topological polar surface area (TPSA) is 61.4 Å². The fourth-order valence-electron chi connectivity index (χ4n) is 4.94. The minimum Gasteiger partial charge on any atom is -0.356 e. The van der Waals surface area contributed by atoms with Crippen LogP contribution < -0.4 is 10.2 Å². The number of piperidine rings is 1. The molecule has 0 unspecified atom stereocenters. The molecule has 1 saturated heterocycles. The number of anilines is 2. The van der Waals surface area contributed by atoms with E-state index in [4.69, 9.17) is 9.97 Å². The molecule has 1 N–H and O–H groups in total. The summed E-state index contributed by atoms with van der Waals surface area (Å²) in [6.07, 6.45) is 4.46. The Kier molecular flexibility index (Phi) is 6.68. The number of carbonyl (C=O) groups is 1. The van der Waals surface area contributed by atoms with Gasteiger partial charge in [-0.05, 0) is 49.1 Å². The number of aryl methyl sites for hydroxylation is 1. The molecule has 0 aliphatic carbocycles. The zero-order valence-corrected chi connectivity index (χ0v) is 20.2. The van der Waals surface area contributed by atoms with Crippen LogP contribution in [0.1, 0.15) is 87.0 Å². The van der Waals surface area contributed by atoms with Gasteiger partial charge in [-0.3, -0.25) is 0 Å². The van der Waals surface area contributed by atoms with Gasteiger partial charge in [-0.15, -0.1) is 0 Å². The summed E-state index contributed by atoms with van der Waals surface area (Å²) >= 11 is 0. The maximum Gasteiger partial charge on any atom is 0.322 e. The smallest absolute Gasteiger partial charge is 0.322 e. The summed E-state index contributed by atoms with van der Waals surface area (Å²) in [5.74, 6) is 2.55. The number of nitrogens with one attached hydrogen (secondary N) is 1. The molecule has 2 amide bonds. The largest absolute Gasteiger partial charge is 0.356 e. The number of hydrogen-bond donors (Lipinski definition) is 1. The molecule has 4 rings (SSSR count). The minimum atomic E-state index is -0.0316. The van der Waals surface area contributed by atoms with E-state index in [-0.39, 0.29) is 6.03 Å². The highest BCUT2D eigenvalue weighted by atomic mass is 16.2. The standard InChI is InChI=1S/C26H37N5O/c1-17(2)20-10-9-11-21(18(3)4)24(20)29-26(32)31-15-12-23-22(16-31)25(28-19(5)27-23)30-13-7-6-8-14-30/h9-11,17-18H,6-8,12-16H2,1-5H3,(H,29,32). The van der Waals surface area contributed by atoms with E-state index in [2.05, 4.69) is 56.1 Å². The zero-order valence-electron chi connectivity index (χ0n) is 20.2. The van der Waals surface area contributed by atoms with Crippen LogP contribution in [0.2, 0.25) is 0 Å². The molecule has 1 aromatic heterocycles. The molecule has 0 radical (unpaired) electrons. The average molecular weight is 436 g/mol. The van der Waals surface area contributed by atoms with Crippen molar-refractivity contribution in [2.24, 2.45) is 0 Å². The Hall–Kier alpha value is -2.63. The Morgan fingerprint density at radius 1 is 0.969 bits per heavy atom. The molecule has 6 nitrogen and oxygen atoms in total. The zero-order chi connectivity index (χ0) is 22.8. The number of benzene rings is 1. The molecule has 2 aliphatic heterocycles. The molecule has 0 bridgehead atoms. The van der Waals surface area contributed by atoms with Gasteiger partial charge in [-0.2, -0.15) is 0 Å². The van der Waals surface area contributed by atoms with Crippen LogP contribution in [0.25, 0.3) is 0 Å². The second-order valence-corrected chi connectivity index (χ2v) is 9.79. The summed E-state index contributed by atoms with van der Waals surface area (Å²) in [5.41, 5.74) is 5.59. The van der Waals surface area contributed by atoms with Crippen molar-refractivity contribution in [3.05, 3.63) is 46.4 Å². The lowest BCUT2D eigenvalue weighted by Gasteiger charge is -2.35. The molecule has 3 heterocycles. The number of para-hydroxylation sites is 1. The maximum absolute atomic E-state index is 13.4. The number of rotatable bonds is 4. The van der Waals surface area contributed by atoms with Crippen molar-refractivity contribution in [1.82, 2.24) is 14.9 Å². The number of carbonyl (C=O) groups excluding carboxylic acids is 1. The lowest BCUT2D eigenvalue weighted by molar-refractivity contribution is 0.205. The van der Waals surface area contributed by atoms with Crippen LogP contribution in [0.5, 0.6) is 0 Å². The molecule has 32 heavy (non-hydrogen) atoms. The van der Waals surface area contributed by atoms with Crippen LogP contribution >= 0.6 is 0 Å². The first-order valence-corrected chi connectivity index (χ1v) is 12.1. The monoisotopic (exact) mass is 435 g/mol. The van der Waals surface area contributed by atoms with E-state index in [1.54, 1.807) is 0 Å². The lowest BCUT2D eigenvalue weighted by Crippen LogP contribution is -2.41. The van der Waals surface area contributed by atoms with Crippen LogP contribution in [0.3, 0.4) is 0 Å². The van der Waals surface area contributed by atoms with Crippen molar-refractivity contribution in [3.8, 4) is 0 Å². The van der Waals surface area contributed by atoms with Gasteiger partial charge in [-0.25, -0.2) is 14.8 Å². The van der Waals surface area contributed by atoms with Crippen molar-refractivity contribution in [2.45, 2.75) is 78.7 Å². The normalized spacial score (nSPS) is 16.5. The molecule has 172 valence electrons. The van der Waals surface area contributed by atoms with Gasteiger partial charge in [-0.1, -0.05) is 45.9 Å². The van der Waals surface area contributed by atoms with E-state index in [1.165, 1.54) is 30.4 Å². The van der Waals surface area contributed by atoms with Gasteiger partial charge in [0.25, 0.3) is 0 Å². The Morgan fingerprint density at radius 3 is 2.25 bits per heavy atom. The second-order valence-electron chi connectivity index (χ2n) is 9.79. The number of hydrogen-bond acceptors (Lipinski definition) is 4. The van der Waals surface area contributed by atoms with E-state index in [0.29, 0.717) is 24.9 Å². The molecule has 1 aromatic carbocycles.